The van der Waals surface area contributed by atoms with Crippen molar-refractivity contribution in [3.63, 3.8) is 0 Å². The zero-order chi connectivity index (χ0) is 15.4. The van der Waals surface area contributed by atoms with Crippen LogP contribution in [0.15, 0.2) is 47.1 Å². The van der Waals surface area contributed by atoms with Crippen molar-refractivity contribution in [2.75, 3.05) is 5.32 Å². The number of aromatic nitrogens is 1. The topological polar surface area (TPSA) is 60.3 Å². The number of anilines is 1. The molecule has 21 heavy (non-hydrogen) atoms. The Morgan fingerprint density at radius 1 is 1.29 bits per heavy atom. The van der Waals surface area contributed by atoms with Gasteiger partial charge in [-0.3, -0.25) is 4.79 Å². The van der Waals surface area contributed by atoms with E-state index in [0.717, 1.165) is 4.47 Å². The van der Waals surface area contributed by atoms with Crippen LogP contribution in [0.25, 0.3) is 0 Å². The van der Waals surface area contributed by atoms with Gasteiger partial charge in [0.2, 0.25) is 0 Å². The van der Waals surface area contributed by atoms with Crippen molar-refractivity contribution < 1.29 is 14.3 Å². The van der Waals surface area contributed by atoms with Gasteiger partial charge in [-0.1, -0.05) is 22.0 Å². The lowest BCUT2D eigenvalue weighted by atomic mass is 10.3. The van der Waals surface area contributed by atoms with E-state index in [1.807, 2.05) is 6.07 Å². The van der Waals surface area contributed by atoms with Crippen molar-refractivity contribution in [1.82, 2.24) is 4.57 Å². The first-order valence-corrected chi connectivity index (χ1v) is 7.15. The molecule has 1 atom stereocenters. The summed E-state index contributed by atoms with van der Waals surface area (Å²) in [5, 5.41) is 2.69. The van der Waals surface area contributed by atoms with Crippen LogP contribution in [0.5, 0.6) is 0 Å². The maximum absolute atomic E-state index is 12.0. The molecule has 5 nitrogen and oxygen atoms in total. The van der Waals surface area contributed by atoms with E-state index in [4.69, 9.17) is 4.74 Å². The van der Waals surface area contributed by atoms with Crippen LogP contribution in [0.3, 0.4) is 0 Å². The van der Waals surface area contributed by atoms with Gasteiger partial charge in [0.15, 0.2) is 6.10 Å². The molecule has 6 heteroatoms. The van der Waals surface area contributed by atoms with E-state index in [-0.39, 0.29) is 5.91 Å². The molecule has 0 radical (unpaired) electrons. The summed E-state index contributed by atoms with van der Waals surface area (Å²) in [4.78, 5) is 23.9. The number of carbonyl (C=O) groups excluding carboxylic acids is 2. The Morgan fingerprint density at radius 2 is 2.05 bits per heavy atom. The highest BCUT2D eigenvalue weighted by atomic mass is 79.9. The number of hydrogen-bond acceptors (Lipinski definition) is 3. The Bertz CT molecular complexity index is 666. The molecule has 110 valence electrons. The van der Waals surface area contributed by atoms with E-state index >= 15 is 0 Å². The molecule has 0 aliphatic rings. The number of carbonyl (C=O) groups is 2. The lowest BCUT2D eigenvalue weighted by molar-refractivity contribution is -0.123. The van der Waals surface area contributed by atoms with Gasteiger partial charge in [0.25, 0.3) is 5.91 Å². The average Bonchev–Trinajstić information content (AvgIpc) is 2.85. The summed E-state index contributed by atoms with van der Waals surface area (Å²) in [6.07, 6.45) is 0.856. The number of nitrogens with one attached hydrogen (secondary N) is 1. The Labute approximate surface area is 131 Å². The number of benzene rings is 1. The van der Waals surface area contributed by atoms with Crippen LogP contribution in [0.4, 0.5) is 5.69 Å². The Morgan fingerprint density at radius 3 is 2.67 bits per heavy atom. The first kappa shape index (κ1) is 15.3. The summed E-state index contributed by atoms with van der Waals surface area (Å²) < 4.78 is 7.65. The third-order valence-corrected chi connectivity index (χ3v) is 3.39. The normalized spacial score (nSPS) is 11.8. The van der Waals surface area contributed by atoms with Gasteiger partial charge in [-0.05, 0) is 37.3 Å². The van der Waals surface area contributed by atoms with E-state index in [1.54, 1.807) is 48.1 Å². The number of hydrogen-bond donors (Lipinski definition) is 1. The summed E-state index contributed by atoms with van der Waals surface area (Å²) in [5.74, 6) is -0.907. The molecule has 0 aliphatic carbocycles. The van der Waals surface area contributed by atoms with Crippen molar-refractivity contribution in [3.8, 4) is 0 Å². The van der Waals surface area contributed by atoms with Crippen molar-refractivity contribution in [1.29, 1.82) is 0 Å². The third-order valence-electron chi connectivity index (χ3n) is 2.90. The van der Waals surface area contributed by atoms with Gasteiger partial charge in [0, 0.05) is 23.4 Å². The quantitative estimate of drug-likeness (QED) is 0.862. The molecule has 0 fully saturated rings. The highest BCUT2D eigenvalue weighted by molar-refractivity contribution is 9.10. The Hall–Kier alpha value is -2.08. The van der Waals surface area contributed by atoms with Crippen LogP contribution in [-0.2, 0) is 16.6 Å². The number of ether oxygens (including phenoxy) is 1. The molecular weight excluding hydrogens is 336 g/mol. The van der Waals surface area contributed by atoms with Crippen molar-refractivity contribution in [3.05, 3.63) is 52.8 Å². The highest BCUT2D eigenvalue weighted by Gasteiger charge is 2.20. The largest absolute Gasteiger partial charge is 0.448 e. The lowest BCUT2D eigenvalue weighted by Crippen LogP contribution is -2.30. The third kappa shape index (κ3) is 3.95. The number of esters is 1. The van der Waals surface area contributed by atoms with Crippen molar-refractivity contribution >= 4 is 33.5 Å². The molecule has 0 unspecified atom stereocenters. The molecule has 0 bridgehead atoms. The molecule has 1 aromatic carbocycles. The predicted octanol–water partition coefficient (Wildman–Crippen LogP) is 2.97. The molecule has 2 aromatic rings. The highest BCUT2D eigenvalue weighted by Crippen LogP contribution is 2.16. The number of rotatable bonds is 4. The van der Waals surface area contributed by atoms with Crippen LogP contribution in [0.1, 0.15) is 17.4 Å². The molecule has 1 amide bonds. The summed E-state index contributed by atoms with van der Waals surface area (Å²) >= 11 is 3.32. The molecule has 1 N–H and O–H groups in total. The zero-order valence-electron chi connectivity index (χ0n) is 11.7. The van der Waals surface area contributed by atoms with E-state index in [9.17, 15) is 9.59 Å². The second-order valence-electron chi connectivity index (χ2n) is 4.55. The van der Waals surface area contributed by atoms with E-state index in [1.165, 1.54) is 6.92 Å². The Balaban J connectivity index is 1.97. The minimum atomic E-state index is -0.883. The molecule has 0 saturated carbocycles. The van der Waals surface area contributed by atoms with Crippen LogP contribution >= 0.6 is 15.9 Å². The smallest absolute Gasteiger partial charge is 0.355 e. The summed E-state index contributed by atoms with van der Waals surface area (Å²) in [5.41, 5.74) is 1.04. The van der Waals surface area contributed by atoms with E-state index in [0.29, 0.717) is 11.4 Å². The minimum Gasteiger partial charge on any atom is -0.448 e. The van der Waals surface area contributed by atoms with Crippen LogP contribution < -0.4 is 5.32 Å². The van der Waals surface area contributed by atoms with Gasteiger partial charge < -0.3 is 14.6 Å². The number of aryl methyl sites for hydroxylation is 1. The second kappa shape index (κ2) is 6.58. The van der Waals surface area contributed by atoms with Crippen LogP contribution in [-0.4, -0.2) is 22.5 Å². The first-order chi connectivity index (χ1) is 9.97. The van der Waals surface area contributed by atoms with Gasteiger partial charge in [0.1, 0.15) is 5.69 Å². The standard InChI is InChI=1S/C15H15BrN2O3/c1-10(21-15(20)13-7-4-8-18(13)2)14(19)17-12-6-3-5-11(16)9-12/h3-10H,1-2H3,(H,17,19)/t10-/m0/s1. The van der Waals surface area contributed by atoms with E-state index < -0.39 is 12.1 Å². The summed E-state index contributed by atoms with van der Waals surface area (Å²) in [7, 11) is 1.74. The molecule has 0 aliphatic heterocycles. The molecule has 1 heterocycles. The van der Waals surface area contributed by atoms with Gasteiger partial charge in [-0.25, -0.2) is 4.79 Å². The summed E-state index contributed by atoms with van der Waals surface area (Å²) in [6, 6.07) is 10.6. The molecule has 0 spiro atoms. The SMILES string of the molecule is C[C@H](OC(=O)c1cccn1C)C(=O)Nc1cccc(Br)c1. The van der Waals surface area contributed by atoms with E-state index in [2.05, 4.69) is 21.2 Å². The molecule has 0 saturated heterocycles. The number of nitrogens with zero attached hydrogens (tertiary/aromatic N) is 1. The van der Waals surface area contributed by atoms with Gasteiger partial charge in [-0.2, -0.15) is 0 Å². The second-order valence-corrected chi connectivity index (χ2v) is 5.47. The fraction of sp³-hybridized carbons (Fsp3) is 0.200. The maximum Gasteiger partial charge on any atom is 0.355 e. The first-order valence-electron chi connectivity index (χ1n) is 6.36. The number of amides is 1. The monoisotopic (exact) mass is 350 g/mol. The van der Waals surface area contributed by atoms with Gasteiger partial charge in [0.05, 0.1) is 0 Å². The molecule has 2 rings (SSSR count). The predicted molar refractivity (Wildman–Crippen MR) is 83.1 cm³/mol. The Kier molecular flexibility index (Phi) is 4.80. The minimum absolute atomic E-state index is 0.379. The maximum atomic E-state index is 12.0. The number of halogens is 1. The van der Waals surface area contributed by atoms with Gasteiger partial charge >= 0.3 is 5.97 Å². The van der Waals surface area contributed by atoms with Gasteiger partial charge in [-0.15, -0.1) is 0 Å². The fourth-order valence-corrected chi connectivity index (χ4v) is 2.16. The zero-order valence-corrected chi connectivity index (χ0v) is 13.3. The van der Waals surface area contributed by atoms with Crippen LogP contribution in [0.2, 0.25) is 0 Å². The summed E-state index contributed by atoms with van der Waals surface area (Å²) in [6.45, 7) is 1.54. The fourth-order valence-electron chi connectivity index (χ4n) is 1.76. The lowest BCUT2D eigenvalue weighted by Gasteiger charge is -2.14. The van der Waals surface area contributed by atoms with Crippen molar-refractivity contribution in [2.24, 2.45) is 7.05 Å². The average molecular weight is 351 g/mol. The molecule has 1 aromatic heterocycles. The van der Waals surface area contributed by atoms with Crippen LogP contribution in [0, 0.1) is 0 Å². The molecular formula is C15H15BrN2O3. The van der Waals surface area contributed by atoms with Crippen molar-refractivity contribution in [2.45, 2.75) is 13.0 Å².